The number of hydrogen-bond donors (Lipinski definition) is 3. The van der Waals surface area contributed by atoms with Crippen LogP contribution in [0.1, 0.15) is 12.1 Å². The molecule has 0 unspecified atom stereocenters. The fraction of sp³-hybridized carbons (Fsp3) is 0.250. The van der Waals surface area contributed by atoms with Gasteiger partial charge in [0.2, 0.25) is 0 Å². The summed E-state index contributed by atoms with van der Waals surface area (Å²) < 4.78 is 19.2. The van der Waals surface area contributed by atoms with E-state index in [1.165, 1.54) is 12.1 Å². The Labute approximate surface area is 150 Å². The summed E-state index contributed by atoms with van der Waals surface area (Å²) in [6.07, 6.45) is 4.61. The predicted octanol–water partition coefficient (Wildman–Crippen LogP) is 3.12. The Morgan fingerprint density at radius 1 is 1.27 bits per heavy atom. The molecule has 0 aliphatic carbocycles. The second-order valence-corrected chi connectivity index (χ2v) is 6.33. The number of aromatic amines is 1. The van der Waals surface area contributed by atoms with Crippen molar-refractivity contribution in [3.05, 3.63) is 54.1 Å². The Morgan fingerprint density at radius 3 is 2.96 bits per heavy atom. The van der Waals surface area contributed by atoms with E-state index >= 15 is 0 Å². The van der Waals surface area contributed by atoms with Crippen LogP contribution in [0.15, 0.2) is 42.6 Å². The molecule has 3 heterocycles. The van der Waals surface area contributed by atoms with Gasteiger partial charge in [0, 0.05) is 28.9 Å². The summed E-state index contributed by atoms with van der Waals surface area (Å²) in [7, 11) is 1.58. The summed E-state index contributed by atoms with van der Waals surface area (Å²) >= 11 is 0. The maximum atomic E-state index is 13.8. The third-order valence-electron chi connectivity index (χ3n) is 4.73. The number of aliphatic hydroxyl groups excluding tert-OH is 1. The lowest BCUT2D eigenvalue weighted by Gasteiger charge is -2.20. The van der Waals surface area contributed by atoms with Crippen LogP contribution in [0.25, 0.3) is 27.7 Å². The van der Waals surface area contributed by atoms with Crippen LogP contribution in [0.5, 0.6) is 5.75 Å². The third-order valence-corrected chi connectivity index (χ3v) is 4.73. The maximum Gasteiger partial charge on any atom is 0.138 e. The van der Waals surface area contributed by atoms with E-state index in [-0.39, 0.29) is 18.5 Å². The molecule has 4 rings (SSSR count). The number of methoxy groups -OCH3 is 1. The Hall–Kier alpha value is -2.70. The minimum atomic E-state index is -0.312. The highest BCUT2D eigenvalue weighted by molar-refractivity contribution is 5.96. The Morgan fingerprint density at radius 2 is 2.15 bits per heavy atom. The van der Waals surface area contributed by atoms with E-state index in [1.807, 2.05) is 18.2 Å². The number of nitrogens with one attached hydrogen (secondary N) is 2. The highest BCUT2D eigenvalue weighted by Crippen LogP contribution is 2.36. The highest BCUT2D eigenvalue weighted by atomic mass is 19.1. The molecule has 0 radical (unpaired) electrons. The van der Waals surface area contributed by atoms with Gasteiger partial charge in [-0.05, 0) is 54.4 Å². The zero-order valence-electron chi connectivity index (χ0n) is 14.4. The zero-order valence-corrected chi connectivity index (χ0v) is 14.4. The van der Waals surface area contributed by atoms with Crippen LogP contribution >= 0.6 is 0 Å². The molecule has 1 aromatic carbocycles. The average molecular weight is 353 g/mol. The van der Waals surface area contributed by atoms with E-state index in [9.17, 15) is 9.50 Å². The lowest BCUT2D eigenvalue weighted by Crippen LogP contribution is -2.34. The SMILES string of the molecule is COc1ccc(F)cc1-c1ccnc2[nH]c(C3=C[C@H](CO)NCC3)cc12. The van der Waals surface area contributed by atoms with E-state index in [2.05, 4.69) is 15.3 Å². The first-order chi connectivity index (χ1) is 12.7. The monoisotopic (exact) mass is 353 g/mol. The number of nitrogens with zero attached hydrogens (tertiary/aromatic N) is 1. The third kappa shape index (κ3) is 2.98. The lowest BCUT2D eigenvalue weighted by atomic mass is 10.00. The van der Waals surface area contributed by atoms with Gasteiger partial charge >= 0.3 is 0 Å². The summed E-state index contributed by atoms with van der Waals surface area (Å²) in [6.45, 7) is 0.873. The number of ether oxygens (including phenoxy) is 1. The Kier molecular flexibility index (Phi) is 4.44. The molecular weight excluding hydrogens is 333 g/mol. The van der Waals surface area contributed by atoms with Crippen molar-refractivity contribution in [3.63, 3.8) is 0 Å². The van der Waals surface area contributed by atoms with Crippen molar-refractivity contribution in [2.24, 2.45) is 0 Å². The molecule has 2 aromatic heterocycles. The summed E-state index contributed by atoms with van der Waals surface area (Å²) in [5.74, 6) is 0.302. The van der Waals surface area contributed by atoms with E-state index in [1.54, 1.807) is 19.4 Å². The van der Waals surface area contributed by atoms with Crippen molar-refractivity contribution in [2.75, 3.05) is 20.3 Å². The van der Waals surface area contributed by atoms with Crippen molar-refractivity contribution < 1.29 is 14.2 Å². The summed E-state index contributed by atoms with van der Waals surface area (Å²) in [5.41, 5.74) is 4.40. The number of fused-ring (bicyclic) bond motifs is 1. The van der Waals surface area contributed by atoms with Crippen molar-refractivity contribution in [2.45, 2.75) is 12.5 Å². The fourth-order valence-corrected chi connectivity index (χ4v) is 3.44. The molecule has 26 heavy (non-hydrogen) atoms. The quantitative estimate of drug-likeness (QED) is 0.674. The molecule has 1 aliphatic heterocycles. The molecule has 0 saturated carbocycles. The number of pyridine rings is 1. The minimum Gasteiger partial charge on any atom is -0.496 e. The van der Waals surface area contributed by atoms with Gasteiger partial charge in [0.15, 0.2) is 0 Å². The molecule has 1 aliphatic rings. The number of hydrogen-bond acceptors (Lipinski definition) is 4. The van der Waals surface area contributed by atoms with Crippen LogP contribution < -0.4 is 10.1 Å². The number of benzene rings is 1. The van der Waals surface area contributed by atoms with Gasteiger partial charge < -0.3 is 20.1 Å². The molecule has 0 spiro atoms. The molecule has 5 nitrogen and oxygen atoms in total. The average Bonchev–Trinajstić information content (AvgIpc) is 3.12. The summed E-state index contributed by atoms with van der Waals surface area (Å²) in [6, 6.07) is 8.36. The van der Waals surface area contributed by atoms with Crippen LogP contribution in [-0.4, -0.2) is 41.4 Å². The van der Waals surface area contributed by atoms with Gasteiger partial charge in [0.05, 0.1) is 13.7 Å². The zero-order chi connectivity index (χ0) is 18.1. The number of aromatic nitrogens is 2. The van der Waals surface area contributed by atoms with Gasteiger partial charge in [-0.15, -0.1) is 0 Å². The minimum absolute atomic E-state index is 0.0408. The largest absolute Gasteiger partial charge is 0.496 e. The molecule has 3 aromatic rings. The molecule has 0 saturated heterocycles. The predicted molar refractivity (Wildman–Crippen MR) is 99.5 cm³/mol. The summed E-state index contributed by atoms with van der Waals surface area (Å²) in [5, 5.41) is 13.5. The maximum absolute atomic E-state index is 13.8. The van der Waals surface area contributed by atoms with Gasteiger partial charge in [-0.1, -0.05) is 6.08 Å². The standard InChI is InChI=1S/C20H20FN3O2/c1-26-19-3-2-13(21)9-16(19)15-5-7-23-20-17(15)10-18(24-20)12-4-6-22-14(8-12)11-25/h2-3,5,7-10,14,22,25H,4,6,11H2,1H3,(H,23,24)/t14-/m1/s1. The van der Waals surface area contributed by atoms with Crippen molar-refractivity contribution in [1.29, 1.82) is 0 Å². The smallest absolute Gasteiger partial charge is 0.138 e. The topological polar surface area (TPSA) is 70.2 Å². The number of H-pyrrole nitrogens is 1. The Balaban J connectivity index is 1.85. The second-order valence-electron chi connectivity index (χ2n) is 6.33. The van der Waals surface area contributed by atoms with Crippen molar-refractivity contribution in [3.8, 4) is 16.9 Å². The lowest BCUT2D eigenvalue weighted by molar-refractivity contribution is 0.263. The number of aliphatic hydroxyl groups is 1. The molecule has 134 valence electrons. The molecule has 0 bridgehead atoms. The first-order valence-corrected chi connectivity index (χ1v) is 8.56. The van der Waals surface area contributed by atoms with Crippen LogP contribution in [0.4, 0.5) is 4.39 Å². The molecular formula is C20H20FN3O2. The van der Waals surface area contributed by atoms with E-state index in [0.29, 0.717) is 11.3 Å². The Bertz CT molecular complexity index is 980. The van der Waals surface area contributed by atoms with Crippen molar-refractivity contribution in [1.82, 2.24) is 15.3 Å². The van der Waals surface area contributed by atoms with E-state index in [0.717, 1.165) is 40.8 Å². The molecule has 0 fully saturated rings. The van der Waals surface area contributed by atoms with Crippen LogP contribution in [0, 0.1) is 5.82 Å². The number of rotatable bonds is 4. The fourth-order valence-electron chi connectivity index (χ4n) is 3.44. The molecule has 3 N–H and O–H groups in total. The van der Waals surface area contributed by atoms with Gasteiger partial charge in [-0.25, -0.2) is 9.37 Å². The van der Waals surface area contributed by atoms with Crippen LogP contribution in [-0.2, 0) is 0 Å². The first kappa shape index (κ1) is 16.8. The van der Waals surface area contributed by atoms with Gasteiger partial charge in [0.25, 0.3) is 0 Å². The second kappa shape index (κ2) is 6.90. The van der Waals surface area contributed by atoms with Gasteiger partial charge in [0.1, 0.15) is 17.2 Å². The molecule has 0 amide bonds. The van der Waals surface area contributed by atoms with Gasteiger partial charge in [-0.3, -0.25) is 0 Å². The van der Waals surface area contributed by atoms with E-state index < -0.39 is 0 Å². The van der Waals surface area contributed by atoms with Gasteiger partial charge in [-0.2, -0.15) is 0 Å². The first-order valence-electron chi connectivity index (χ1n) is 8.56. The van der Waals surface area contributed by atoms with E-state index in [4.69, 9.17) is 4.74 Å². The normalized spacial score (nSPS) is 17.3. The van der Waals surface area contributed by atoms with Crippen molar-refractivity contribution >= 4 is 16.6 Å². The van der Waals surface area contributed by atoms with Crippen LogP contribution in [0.3, 0.4) is 0 Å². The summed E-state index contributed by atoms with van der Waals surface area (Å²) in [4.78, 5) is 7.77. The van der Waals surface area contributed by atoms with Crippen LogP contribution in [0.2, 0.25) is 0 Å². The highest BCUT2D eigenvalue weighted by Gasteiger charge is 2.17. The number of halogens is 1. The molecule has 6 heteroatoms. The molecule has 1 atom stereocenters.